The highest BCUT2D eigenvalue weighted by Gasteiger charge is 2.20. The normalized spacial score (nSPS) is 12.2. The average Bonchev–Trinajstić information content (AvgIpc) is 3.03. The molecule has 0 saturated carbocycles. The maximum absolute atomic E-state index is 13.6. The van der Waals surface area contributed by atoms with Crippen LogP contribution in [0, 0.1) is 0 Å². The first kappa shape index (κ1) is 25.8. The fraction of sp³-hybridized carbons (Fsp3) is 0.333. The van der Waals surface area contributed by atoms with Crippen LogP contribution in [0.4, 0.5) is 0 Å². The van der Waals surface area contributed by atoms with Crippen molar-refractivity contribution in [3.05, 3.63) is 121 Å². The van der Waals surface area contributed by atoms with Gasteiger partial charge in [-0.2, -0.15) is 0 Å². The lowest BCUT2D eigenvalue weighted by Crippen LogP contribution is -2.28. The first-order valence-electron chi connectivity index (χ1n) is 12.2. The zero-order chi connectivity index (χ0) is 26.3. The van der Waals surface area contributed by atoms with E-state index in [1.807, 2.05) is 24.3 Å². The third-order valence-electron chi connectivity index (χ3n) is 6.51. The topological polar surface area (TPSA) is 48.9 Å². The lowest BCUT2D eigenvalue weighted by Gasteiger charge is -2.20. The highest BCUT2D eigenvalue weighted by molar-refractivity contribution is 6.32. The Bertz CT molecular complexity index is 1390. The van der Waals surface area contributed by atoms with Gasteiger partial charge in [0.1, 0.15) is 0 Å². The first-order chi connectivity index (χ1) is 16.9. The third kappa shape index (κ3) is 5.26. The van der Waals surface area contributed by atoms with E-state index in [1.54, 1.807) is 24.3 Å². The minimum absolute atomic E-state index is 0.0318. The highest BCUT2D eigenvalue weighted by Crippen LogP contribution is 2.24. The smallest absolute Gasteiger partial charge is 0.245 e. The van der Waals surface area contributed by atoms with Gasteiger partial charge in [0, 0.05) is 0 Å². The molecule has 0 spiro atoms. The number of rotatable bonds is 5. The molecule has 0 saturated heterocycles. The molecule has 188 valence electrons. The summed E-state index contributed by atoms with van der Waals surface area (Å²) in [4.78, 5) is 27.2. The molecule has 0 amide bonds. The summed E-state index contributed by atoms with van der Waals surface area (Å²) >= 11 is 6.39. The monoisotopic (exact) mass is 503 g/mol. The SMILES string of the molecule is CC(C)(C)c1ccc(Cn2c(=O)n(-c3ccccc3Cl)c(=O)n2Cc2ccc(C(C)(C)C)cc2)cc1. The molecule has 0 unspecified atom stereocenters. The molecule has 36 heavy (non-hydrogen) atoms. The van der Waals surface area contributed by atoms with Gasteiger partial charge in [-0.3, -0.25) is 0 Å². The summed E-state index contributed by atoms with van der Waals surface area (Å²) in [5.41, 5.74) is 3.92. The third-order valence-corrected chi connectivity index (χ3v) is 6.83. The summed E-state index contributed by atoms with van der Waals surface area (Å²) < 4.78 is 4.18. The molecule has 4 rings (SSSR count). The number of aromatic nitrogens is 3. The second kappa shape index (κ2) is 9.62. The van der Waals surface area contributed by atoms with E-state index in [0.29, 0.717) is 10.7 Å². The first-order valence-corrected chi connectivity index (χ1v) is 12.6. The molecule has 0 radical (unpaired) electrons. The molecule has 0 bridgehead atoms. The van der Waals surface area contributed by atoms with Gasteiger partial charge < -0.3 is 0 Å². The van der Waals surface area contributed by atoms with Gasteiger partial charge in [-0.05, 0) is 45.2 Å². The minimum atomic E-state index is -0.417. The van der Waals surface area contributed by atoms with Crippen molar-refractivity contribution in [3.8, 4) is 5.69 Å². The van der Waals surface area contributed by atoms with Crippen LogP contribution in [0.3, 0.4) is 0 Å². The zero-order valence-corrected chi connectivity index (χ0v) is 22.6. The molecule has 1 heterocycles. The Hall–Kier alpha value is -3.31. The molecule has 0 aliphatic carbocycles. The van der Waals surface area contributed by atoms with Crippen LogP contribution in [-0.2, 0) is 23.9 Å². The Morgan fingerprint density at radius 1 is 0.611 bits per heavy atom. The van der Waals surface area contributed by atoms with E-state index >= 15 is 0 Å². The van der Waals surface area contributed by atoms with E-state index in [1.165, 1.54) is 20.5 Å². The lowest BCUT2D eigenvalue weighted by molar-refractivity contribution is 0.490. The molecule has 1 aromatic heterocycles. The van der Waals surface area contributed by atoms with E-state index in [0.717, 1.165) is 15.7 Å². The molecular weight excluding hydrogens is 470 g/mol. The van der Waals surface area contributed by atoms with Crippen molar-refractivity contribution in [2.24, 2.45) is 0 Å². The van der Waals surface area contributed by atoms with E-state index in [4.69, 9.17) is 11.6 Å². The van der Waals surface area contributed by atoms with Gasteiger partial charge >= 0.3 is 11.4 Å². The Morgan fingerprint density at radius 2 is 1.00 bits per heavy atom. The maximum Gasteiger partial charge on any atom is 0.352 e. The van der Waals surface area contributed by atoms with E-state index in [9.17, 15) is 9.59 Å². The van der Waals surface area contributed by atoms with Crippen molar-refractivity contribution in [3.63, 3.8) is 0 Å². The highest BCUT2D eigenvalue weighted by atomic mass is 35.5. The van der Waals surface area contributed by atoms with Gasteiger partial charge in [-0.15, -0.1) is 0 Å². The summed E-state index contributed by atoms with van der Waals surface area (Å²) in [6, 6.07) is 23.3. The molecule has 0 fully saturated rings. The summed E-state index contributed by atoms with van der Waals surface area (Å²) in [5, 5.41) is 0.352. The van der Waals surface area contributed by atoms with Crippen LogP contribution in [0.1, 0.15) is 63.8 Å². The minimum Gasteiger partial charge on any atom is -0.245 e. The number of hydrogen-bond acceptors (Lipinski definition) is 2. The van der Waals surface area contributed by atoms with Crippen LogP contribution >= 0.6 is 11.6 Å². The fourth-order valence-electron chi connectivity index (χ4n) is 4.23. The predicted molar refractivity (Wildman–Crippen MR) is 148 cm³/mol. The molecule has 0 atom stereocenters. The van der Waals surface area contributed by atoms with Gasteiger partial charge in [0.15, 0.2) is 0 Å². The largest absolute Gasteiger partial charge is 0.352 e. The Labute approximate surface area is 217 Å². The van der Waals surface area contributed by atoms with Gasteiger partial charge in [0.25, 0.3) is 0 Å². The predicted octanol–water partition coefficient (Wildman–Crippen LogP) is 6.15. The zero-order valence-electron chi connectivity index (χ0n) is 21.9. The summed E-state index contributed by atoms with van der Waals surface area (Å²) in [6.07, 6.45) is 0. The van der Waals surface area contributed by atoms with Crippen LogP contribution in [0.25, 0.3) is 5.69 Å². The average molecular weight is 504 g/mol. The van der Waals surface area contributed by atoms with Crippen molar-refractivity contribution in [1.29, 1.82) is 0 Å². The Kier molecular flexibility index (Phi) is 6.89. The van der Waals surface area contributed by atoms with Gasteiger partial charge in [0.2, 0.25) is 0 Å². The summed E-state index contributed by atoms with van der Waals surface area (Å²) in [5.74, 6) is 0. The van der Waals surface area contributed by atoms with Gasteiger partial charge in [-0.1, -0.05) is 114 Å². The van der Waals surface area contributed by atoms with E-state index in [2.05, 4.69) is 65.8 Å². The Balaban J connectivity index is 1.80. The molecule has 4 aromatic rings. The van der Waals surface area contributed by atoms with Crippen LogP contribution in [0.2, 0.25) is 5.02 Å². The molecule has 0 N–H and O–H groups in total. The number of nitrogens with zero attached hydrogens (tertiary/aromatic N) is 3. The Morgan fingerprint density at radius 3 is 1.36 bits per heavy atom. The molecule has 0 aliphatic heterocycles. The van der Waals surface area contributed by atoms with Gasteiger partial charge in [-0.25, -0.2) is 23.5 Å². The van der Waals surface area contributed by atoms with Crippen molar-refractivity contribution in [1.82, 2.24) is 13.9 Å². The number of hydrogen-bond donors (Lipinski definition) is 0. The summed E-state index contributed by atoms with van der Waals surface area (Å²) in [7, 11) is 0. The van der Waals surface area contributed by atoms with Crippen molar-refractivity contribution in [2.75, 3.05) is 0 Å². The number of halogens is 1. The van der Waals surface area contributed by atoms with E-state index in [-0.39, 0.29) is 23.9 Å². The van der Waals surface area contributed by atoms with Crippen LogP contribution in [0.5, 0.6) is 0 Å². The van der Waals surface area contributed by atoms with Crippen LogP contribution in [0.15, 0.2) is 82.4 Å². The van der Waals surface area contributed by atoms with Crippen molar-refractivity contribution >= 4 is 11.6 Å². The van der Waals surface area contributed by atoms with E-state index < -0.39 is 11.4 Å². The number of para-hydroxylation sites is 1. The van der Waals surface area contributed by atoms with Crippen molar-refractivity contribution < 1.29 is 0 Å². The molecule has 6 heteroatoms. The molecule has 3 aromatic carbocycles. The quantitative estimate of drug-likeness (QED) is 0.328. The molecule has 0 aliphatic rings. The van der Waals surface area contributed by atoms with Crippen molar-refractivity contribution in [2.45, 2.75) is 65.5 Å². The fourth-order valence-corrected chi connectivity index (χ4v) is 4.45. The maximum atomic E-state index is 13.6. The standard InChI is InChI=1S/C30H34ClN3O2/c1-29(2,3)23-15-11-21(12-16-23)19-32-27(35)34(26-10-8-7-9-25(26)31)28(36)33(32)20-22-13-17-24(18-14-22)30(4,5)6/h7-18H,19-20H2,1-6H3. The second-order valence-electron chi connectivity index (χ2n) is 11.4. The molecule has 5 nitrogen and oxygen atoms in total. The lowest BCUT2D eigenvalue weighted by atomic mass is 9.87. The molecular formula is C30H34ClN3O2. The second-order valence-corrected chi connectivity index (χ2v) is 11.8. The van der Waals surface area contributed by atoms with Crippen LogP contribution < -0.4 is 11.4 Å². The summed E-state index contributed by atoms with van der Waals surface area (Å²) in [6.45, 7) is 13.5. The number of benzene rings is 3. The van der Waals surface area contributed by atoms with Crippen LogP contribution in [-0.4, -0.2) is 13.9 Å². The van der Waals surface area contributed by atoms with Gasteiger partial charge in [0.05, 0.1) is 23.8 Å².